The standard InChI is InChI=1S/C11H9ClN2O.C9H5ClN2O/c1-2-15-9-5-7(6-13)10(12)8-3-4-14-11(8)9;10-8-5(4-11)3-7(13)9-6(8)1-2-12-9/h3-5,14H,2H2,1H3;1-3,12-13H. The second-order valence-corrected chi connectivity index (χ2v) is 6.44. The molecule has 0 saturated carbocycles. The monoisotopic (exact) mass is 412 g/mol. The van der Waals surface area contributed by atoms with Crippen molar-refractivity contribution in [1.82, 2.24) is 9.97 Å². The van der Waals surface area contributed by atoms with E-state index in [-0.39, 0.29) is 11.3 Å². The lowest BCUT2D eigenvalue weighted by Crippen LogP contribution is -1.93. The topological polar surface area (TPSA) is 109 Å². The van der Waals surface area contributed by atoms with E-state index >= 15 is 0 Å². The van der Waals surface area contributed by atoms with Gasteiger partial charge in [-0.25, -0.2) is 0 Å². The summed E-state index contributed by atoms with van der Waals surface area (Å²) in [7, 11) is 0. The summed E-state index contributed by atoms with van der Waals surface area (Å²) in [5, 5.41) is 29.4. The molecule has 0 aliphatic heterocycles. The summed E-state index contributed by atoms with van der Waals surface area (Å²) in [6.07, 6.45) is 3.44. The Kier molecular flexibility index (Phi) is 5.65. The molecule has 8 heteroatoms. The maximum Gasteiger partial charge on any atom is 0.144 e. The van der Waals surface area contributed by atoms with Crippen LogP contribution in [0.1, 0.15) is 18.1 Å². The summed E-state index contributed by atoms with van der Waals surface area (Å²) in [6.45, 7) is 2.45. The average molecular weight is 413 g/mol. The zero-order valence-electron chi connectivity index (χ0n) is 14.7. The Hall–Kier alpha value is -3.32. The summed E-state index contributed by atoms with van der Waals surface area (Å²) in [6, 6.07) is 10.5. The molecule has 2 aromatic heterocycles. The lowest BCUT2D eigenvalue weighted by Gasteiger charge is -2.06. The van der Waals surface area contributed by atoms with Crippen LogP contribution < -0.4 is 4.74 Å². The molecule has 0 bridgehead atoms. The number of nitrogens with zero attached hydrogens (tertiary/aromatic N) is 2. The molecule has 2 aromatic carbocycles. The van der Waals surface area contributed by atoms with Crippen molar-refractivity contribution in [3.8, 4) is 23.6 Å². The molecule has 0 radical (unpaired) electrons. The van der Waals surface area contributed by atoms with E-state index in [2.05, 4.69) is 16.0 Å². The van der Waals surface area contributed by atoms with Gasteiger partial charge in [0.2, 0.25) is 0 Å². The van der Waals surface area contributed by atoms with Gasteiger partial charge in [0.05, 0.1) is 38.8 Å². The van der Waals surface area contributed by atoms with Crippen molar-refractivity contribution >= 4 is 45.0 Å². The Morgan fingerprint density at radius 2 is 1.50 bits per heavy atom. The number of benzene rings is 2. The third-order valence-corrected chi connectivity index (χ3v) is 4.85. The van der Waals surface area contributed by atoms with Gasteiger partial charge in [-0.05, 0) is 19.1 Å². The number of hydrogen-bond acceptors (Lipinski definition) is 4. The molecule has 140 valence electrons. The van der Waals surface area contributed by atoms with Gasteiger partial charge in [0, 0.05) is 35.3 Å². The number of aromatic nitrogens is 2. The molecule has 0 saturated heterocycles. The van der Waals surface area contributed by atoms with Crippen LogP contribution in [-0.2, 0) is 0 Å². The SMILES string of the molecule is CCOc1cc(C#N)c(Cl)c2cc[nH]c12.N#Cc1cc(O)c2[nH]ccc2c1Cl. The first-order chi connectivity index (χ1) is 13.5. The van der Waals surface area contributed by atoms with Gasteiger partial charge in [-0.1, -0.05) is 23.2 Å². The van der Waals surface area contributed by atoms with Gasteiger partial charge in [-0.3, -0.25) is 0 Å². The number of fused-ring (bicyclic) bond motifs is 2. The minimum Gasteiger partial charge on any atom is -0.506 e. The Morgan fingerprint density at radius 1 is 0.964 bits per heavy atom. The molecule has 6 nitrogen and oxygen atoms in total. The van der Waals surface area contributed by atoms with Crippen molar-refractivity contribution in [2.75, 3.05) is 6.61 Å². The molecule has 0 amide bonds. The molecule has 2 heterocycles. The first-order valence-electron chi connectivity index (χ1n) is 8.22. The van der Waals surface area contributed by atoms with E-state index in [0.717, 1.165) is 10.9 Å². The molecule has 0 aliphatic carbocycles. The van der Waals surface area contributed by atoms with Gasteiger partial charge in [0.15, 0.2) is 0 Å². The number of phenols is 1. The van der Waals surface area contributed by atoms with Crippen molar-refractivity contribution in [2.24, 2.45) is 0 Å². The molecule has 0 spiro atoms. The number of aromatic hydroxyl groups is 1. The highest BCUT2D eigenvalue weighted by molar-refractivity contribution is 6.37. The number of H-pyrrole nitrogens is 2. The van der Waals surface area contributed by atoms with Crippen LogP contribution in [0.15, 0.2) is 36.7 Å². The smallest absolute Gasteiger partial charge is 0.144 e. The van der Waals surface area contributed by atoms with Crippen LogP contribution in [0.25, 0.3) is 21.8 Å². The molecule has 3 N–H and O–H groups in total. The first-order valence-corrected chi connectivity index (χ1v) is 8.98. The minimum absolute atomic E-state index is 0.0425. The molecule has 0 unspecified atom stereocenters. The minimum atomic E-state index is 0.0425. The van der Waals surface area contributed by atoms with Gasteiger partial charge < -0.3 is 19.8 Å². The highest BCUT2D eigenvalue weighted by atomic mass is 35.5. The van der Waals surface area contributed by atoms with Crippen LogP contribution in [0.3, 0.4) is 0 Å². The second kappa shape index (κ2) is 8.14. The zero-order chi connectivity index (χ0) is 20.3. The quantitative estimate of drug-likeness (QED) is 0.404. The van der Waals surface area contributed by atoms with Crippen LogP contribution in [0.4, 0.5) is 0 Å². The number of aromatic amines is 2. The molecular formula is C20H14Cl2N4O2. The summed E-state index contributed by atoms with van der Waals surface area (Å²) < 4.78 is 5.43. The van der Waals surface area contributed by atoms with Crippen LogP contribution in [-0.4, -0.2) is 21.7 Å². The fraction of sp³-hybridized carbons (Fsp3) is 0.100. The zero-order valence-corrected chi connectivity index (χ0v) is 16.2. The van der Waals surface area contributed by atoms with Gasteiger partial charge in [0.25, 0.3) is 0 Å². The van der Waals surface area contributed by atoms with E-state index in [1.807, 2.05) is 19.1 Å². The Balaban J connectivity index is 0.000000162. The number of rotatable bonds is 2. The molecule has 0 aliphatic rings. The maximum atomic E-state index is 9.46. The van der Waals surface area contributed by atoms with E-state index in [4.69, 9.17) is 38.5 Å². The largest absolute Gasteiger partial charge is 0.506 e. The number of nitriles is 2. The molecular weight excluding hydrogens is 399 g/mol. The highest BCUT2D eigenvalue weighted by Crippen LogP contribution is 2.34. The fourth-order valence-electron chi connectivity index (χ4n) is 2.78. The summed E-state index contributed by atoms with van der Waals surface area (Å²) in [5.74, 6) is 0.708. The number of hydrogen-bond donors (Lipinski definition) is 3. The Labute approximate surface area is 170 Å². The van der Waals surface area contributed by atoms with Crippen molar-refractivity contribution in [3.05, 3.63) is 57.8 Å². The Bertz CT molecular complexity index is 1250. The van der Waals surface area contributed by atoms with Gasteiger partial charge >= 0.3 is 0 Å². The Morgan fingerprint density at radius 3 is 2.07 bits per heavy atom. The molecule has 28 heavy (non-hydrogen) atoms. The highest BCUT2D eigenvalue weighted by Gasteiger charge is 2.12. The van der Waals surface area contributed by atoms with E-state index in [1.165, 1.54) is 6.07 Å². The number of ether oxygens (including phenoxy) is 1. The first kappa shape index (κ1) is 19.4. The molecule has 0 atom stereocenters. The van der Waals surface area contributed by atoms with Crippen molar-refractivity contribution in [1.29, 1.82) is 10.5 Å². The lowest BCUT2D eigenvalue weighted by atomic mass is 10.1. The van der Waals surface area contributed by atoms with E-state index in [0.29, 0.717) is 38.9 Å². The van der Waals surface area contributed by atoms with Crippen molar-refractivity contribution in [3.63, 3.8) is 0 Å². The third-order valence-electron chi connectivity index (χ3n) is 4.04. The lowest BCUT2D eigenvalue weighted by molar-refractivity contribution is 0.343. The van der Waals surface area contributed by atoms with E-state index in [1.54, 1.807) is 24.5 Å². The van der Waals surface area contributed by atoms with Gasteiger partial charge in [0.1, 0.15) is 23.6 Å². The summed E-state index contributed by atoms with van der Waals surface area (Å²) in [4.78, 5) is 5.88. The van der Waals surface area contributed by atoms with Crippen LogP contribution in [0.2, 0.25) is 10.0 Å². The van der Waals surface area contributed by atoms with Crippen LogP contribution >= 0.6 is 23.2 Å². The predicted octanol–water partition coefficient (Wildman–Crippen LogP) is 5.49. The van der Waals surface area contributed by atoms with Gasteiger partial charge in [-0.15, -0.1) is 0 Å². The van der Waals surface area contributed by atoms with Gasteiger partial charge in [-0.2, -0.15) is 10.5 Å². The summed E-state index contributed by atoms with van der Waals surface area (Å²) in [5.41, 5.74) is 2.11. The van der Waals surface area contributed by atoms with Crippen LogP contribution in [0.5, 0.6) is 11.5 Å². The molecule has 4 aromatic rings. The average Bonchev–Trinajstić information content (AvgIpc) is 3.37. The molecule has 0 fully saturated rings. The molecule has 4 rings (SSSR count). The second-order valence-electron chi connectivity index (χ2n) is 5.68. The number of nitrogens with one attached hydrogen (secondary N) is 2. The van der Waals surface area contributed by atoms with E-state index < -0.39 is 0 Å². The van der Waals surface area contributed by atoms with Crippen LogP contribution in [0, 0.1) is 22.7 Å². The maximum absolute atomic E-state index is 9.46. The normalized spacial score (nSPS) is 10.2. The van der Waals surface area contributed by atoms with Crippen molar-refractivity contribution < 1.29 is 9.84 Å². The number of halogens is 2. The fourth-order valence-corrected chi connectivity index (χ4v) is 3.29. The van der Waals surface area contributed by atoms with Crippen molar-refractivity contribution in [2.45, 2.75) is 6.92 Å². The summed E-state index contributed by atoms with van der Waals surface area (Å²) >= 11 is 12.0. The number of phenolic OH excluding ortho intramolecular Hbond substituents is 1. The van der Waals surface area contributed by atoms with E-state index in [9.17, 15) is 5.11 Å². The predicted molar refractivity (Wildman–Crippen MR) is 109 cm³/mol. The third kappa shape index (κ3) is 3.44.